The van der Waals surface area contributed by atoms with Gasteiger partial charge in [-0.05, 0) is 30.7 Å². The predicted molar refractivity (Wildman–Crippen MR) is 46.9 cm³/mol. The second-order valence-electron chi connectivity index (χ2n) is 3.24. The number of nitrogens with zero attached hydrogens (tertiary/aromatic N) is 3. The van der Waals surface area contributed by atoms with Crippen LogP contribution in [-0.4, -0.2) is 19.1 Å². The lowest BCUT2D eigenvalue weighted by Gasteiger charge is -1.97. The zero-order valence-corrected chi connectivity index (χ0v) is 7.64. The molecule has 0 N–H and O–H groups in total. The summed E-state index contributed by atoms with van der Waals surface area (Å²) < 4.78 is 4.51. The minimum absolute atomic E-state index is 0.166. The van der Waals surface area contributed by atoms with Gasteiger partial charge < -0.3 is 4.74 Å². The van der Waals surface area contributed by atoms with Crippen LogP contribution in [0.25, 0.3) is 10.4 Å². The number of hydrogen-bond donors (Lipinski definition) is 0. The van der Waals surface area contributed by atoms with Crippen LogP contribution in [0.1, 0.15) is 25.7 Å². The van der Waals surface area contributed by atoms with Crippen molar-refractivity contribution in [2.45, 2.75) is 31.7 Å². The quantitative estimate of drug-likeness (QED) is 0.283. The van der Waals surface area contributed by atoms with Crippen molar-refractivity contribution >= 4 is 5.97 Å². The van der Waals surface area contributed by atoms with Gasteiger partial charge in [0.25, 0.3) is 0 Å². The average molecular weight is 183 g/mol. The third-order valence-electron chi connectivity index (χ3n) is 2.27. The molecule has 2 unspecified atom stereocenters. The Kier molecular flexibility index (Phi) is 3.58. The fourth-order valence-corrected chi connectivity index (χ4v) is 1.36. The molecule has 1 fully saturated rings. The number of methoxy groups -OCH3 is 1. The molecule has 2 atom stereocenters. The SMILES string of the molecule is COC(=O)CCCC1CC1N=[N+]=[N-]. The van der Waals surface area contributed by atoms with E-state index in [9.17, 15) is 4.79 Å². The summed E-state index contributed by atoms with van der Waals surface area (Å²) in [6.45, 7) is 0. The molecule has 72 valence electrons. The summed E-state index contributed by atoms with van der Waals surface area (Å²) in [5.74, 6) is 0.335. The van der Waals surface area contributed by atoms with E-state index < -0.39 is 0 Å². The highest BCUT2D eigenvalue weighted by atomic mass is 16.5. The third kappa shape index (κ3) is 3.34. The van der Waals surface area contributed by atoms with Gasteiger partial charge in [-0.15, -0.1) is 0 Å². The largest absolute Gasteiger partial charge is 0.469 e. The maximum Gasteiger partial charge on any atom is 0.305 e. The predicted octanol–water partition coefficient (Wildman–Crippen LogP) is 2.03. The minimum atomic E-state index is -0.166. The van der Waals surface area contributed by atoms with E-state index in [0.29, 0.717) is 12.3 Å². The second-order valence-corrected chi connectivity index (χ2v) is 3.24. The lowest BCUT2D eigenvalue weighted by Crippen LogP contribution is -1.99. The van der Waals surface area contributed by atoms with E-state index in [1.807, 2.05) is 0 Å². The number of hydrogen-bond acceptors (Lipinski definition) is 3. The van der Waals surface area contributed by atoms with E-state index in [1.165, 1.54) is 7.11 Å². The Labute approximate surface area is 76.7 Å². The van der Waals surface area contributed by atoms with Gasteiger partial charge in [0.1, 0.15) is 0 Å². The summed E-state index contributed by atoms with van der Waals surface area (Å²) in [4.78, 5) is 13.5. The van der Waals surface area contributed by atoms with Crippen LogP contribution in [0.2, 0.25) is 0 Å². The van der Waals surface area contributed by atoms with E-state index in [1.54, 1.807) is 0 Å². The van der Waals surface area contributed by atoms with Gasteiger partial charge in [0.05, 0.1) is 7.11 Å². The third-order valence-corrected chi connectivity index (χ3v) is 2.27. The number of esters is 1. The Morgan fingerprint density at radius 3 is 3.15 bits per heavy atom. The molecule has 1 rings (SSSR count). The summed E-state index contributed by atoms with van der Waals surface area (Å²) in [6.07, 6.45) is 3.23. The van der Waals surface area contributed by atoms with Crippen molar-refractivity contribution in [3.63, 3.8) is 0 Å². The van der Waals surface area contributed by atoms with Gasteiger partial charge in [0, 0.05) is 17.4 Å². The zero-order chi connectivity index (χ0) is 9.68. The summed E-state index contributed by atoms with van der Waals surface area (Å²) in [6, 6.07) is 0.183. The monoisotopic (exact) mass is 183 g/mol. The maximum atomic E-state index is 10.7. The van der Waals surface area contributed by atoms with Crippen molar-refractivity contribution in [2.24, 2.45) is 11.0 Å². The summed E-state index contributed by atoms with van der Waals surface area (Å²) in [7, 11) is 1.39. The van der Waals surface area contributed by atoms with Crippen molar-refractivity contribution in [1.82, 2.24) is 0 Å². The Hall–Kier alpha value is -1.22. The van der Waals surface area contributed by atoms with Gasteiger partial charge in [-0.2, -0.15) is 0 Å². The standard InChI is InChI=1S/C8H13N3O2/c1-13-8(12)4-2-3-6-5-7(6)10-11-9/h6-7H,2-5H2,1H3. The topological polar surface area (TPSA) is 75.1 Å². The fourth-order valence-electron chi connectivity index (χ4n) is 1.36. The molecular formula is C8H13N3O2. The van der Waals surface area contributed by atoms with Crippen LogP contribution >= 0.6 is 0 Å². The normalized spacial score (nSPS) is 24.7. The molecule has 0 aromatic carbocycles. The highest BCUT2D eigenvalue weighted by Gasteiger charge is 2.35. The van der Waals surface area contributed by atoms with Crippen LogP contribution < -0.4 is 0 Å². The van der Waals surface area contributed by atoms with Gasteiger partial charge >= 0.3 is 5.97 Å². The molecule has 0 spiro atoms. The molecule has 0 bridgehead atoms. The average Bonchev–Trinajstić information content (AvgIpc) is 2.84. The smallest absolute Gasteiger partial charge is 0.305 e. The Morgan fingerprint density at radius 1 is 1.77 bits per heavy atom. The molecular weight excluding hydrogens is 170 g/mol. The lowest BCUT2D eigenvalue weighted by atomic mass is 10.2. The van der Waals surface area contributed by atoms with Crippen molar-refractivity contribution in [3.8, 4) is 0 Å². The van der Waals surface area contributed by atoms with Gasteiger partial charge in [0.15, 0.2) is 0 Å². The fraction of sp³-hybridized carbons (Fsp3) is 0.875. The number of carbonyl (C=O) groups excluding carboxylic acids is 1. The van der Waals surface area contributed by atoms with E-state index in [4.69, 9.17) is 5.53 Å². The Bertz CT molecular complexity index is 236. The van der Waals surface area contributed by atoms with Crippen LogP contribution in [0, 0.1) is 5.92 Å². The molecule has 5 heteroatoms. The highest BCUT2D eigenvalue weighted by Crippen LogP contribution is 2.38. The van der Waals surface area contributed by atoms with Gasteiger partial charge in [-0.25, -0.2) is 0 Å². The minimum Gasteiger partial charge on any atom is -0.469 e. The number of rotatable bonds is 5. The number of ether oxygens (including phenoxy) is 1. The maximum absolute atomic E-state index is 10.7. The lowest BCUT2D eigenvalue weighted by molar-refractivity contribution is -0.140. The van der Waals surface area contributed by atoms with Crippen LogP contribution in [0.5, 0.6) is 0 Å². The zero-order valence-electron chi connectivity index (χ0n) is 7.64. The summed E-state index contributed by atoms with van der Waals surface area (Å²) >= 11 is 0. The Balaban J connectivity index is 2.03. The van der Waals surface area contributed by atoms with E-state index in [-0.39, 0.29) is 12.0 Å². The van der Waals surface area contributed by atoms with Crippen molar-refractivity contribution < 1.29 is 9.53 Å². The van der Waals surface area contributed by atoms with Crippen LogP contribution in [-0.2, 0) is 9.53 Å². The molecule has 0 aliphatic heterocycles. The molecule has 0 radical (unpaired) electrons. The first-order chi connectivity index (χ1) is 6.27. The second kappa shape index (κ2) is 4.72. The van der Waals surface area contributed by atoms with Gasteiger partial charge in [-0.3, -0.25) is 4.79 Å². The molecule has 13 heavy (non-hydrogen) atoms. The molecule has 1 aliphatic carbocycles. The molecule has 5 nitrogen and oxygen atoms in total. The van der Waals surface area contributed by atoms with Crippen molar-refractivity contribution in [2.75, 3.05) is 7.11 Å². The van der Waals surface area contributed by atoms with Crippen LogP contribution in [0.15, 0.2) is 5.11 Å². The van der Waals surface area contributed by atoms with Crippen molar-refractivity contribution in [3.05, 3.63) is 10.4 Å². The van der Waals surface area contributed by atoms with Crippen LogP contribution in [0.4, 0.5) is 0 Å². The molecule has 1 aliphatic rings. The van der Waals surface area contributed by atoms with Crippen LogP contribution in [0.3, 0.4) is 0 Å². The molecule has 0 amide bonds. The first kappa shape index (κ1) is 9.86. The number of azide groups is 1. The van der Waals surface area contributed by atoms with E-state index in [2.05, 4.69) is 14.8 Å². The molecule has 0 aromatic rings. The molecule has 0 aromatic heterocycles. The van der Waals surface area contributed by atoms with Gasteiger partial charge in [0.2, 0.25) is 0 Å². The first-order valence-electron chi connectivity index (χ1n) is 4.39. The first-order valence-corrected chi connectivity index (χ1v) is 4.39. The van der Waals surface area contributed by atoms with E-state index in [0.717, 1.165) is 19.3 Å². The highest BCUT2D eigenvalue weighted by molar-refractivity contribution is 5.68. The summed E-state index contributed by atoms with van der Waals surface area (Å²) in [5.41, 5.74) is 8.13. The molecule has 0 saturated heterocycles. The molecule has 1 saturated carbocycles. The number of carbonyl (C=O) groups is 1. The summed E-state index contributed by atoms with van der Waals surface area (Å²) in [5, 5.41) is 3.60. The van der Waals surface area contributed by atoms with E-state index >= 15 is 0 Å². The van der Waals surface area contributed by atoms with Gasteiger partial charge in [-0.1, -0.05) is 5.11 Å². The van der Waals surface area contributed by atoms with Crippen molar-refractivity contribution in [1.29, 1.82) is 0 Å². The Morgan fingerprint density at radius 2 is 2.54 bits per heavy atom. The molecule has 0 heterocycles.